The molecule has 0 aliphatic heterocycles. The number of rotatable bonds is 31. The molecule has 0 aromatic heterocycles. The van der Waals surface area contributed by atoms with E-state index in [1.807, 2.05) is 0 Å². The minimum absolute atomic E-state index is 0.147. The first-order valence-electron chi connectivity index (χ1n) is 13.1. The summed E-state index contributed by atoms with van der Waals surface area (Å²) in [6.07, 6.45) is 4.79. The summed E-state index contributed by atoms with van der Waals surface area (Å²) in [5.74, 6) is -0.147. The van der Waals surface area contributed by atoms with Crippen LogP contribution in [0.5, 0.6) is 0 Å². The number of carbonyl (C=O) groups excluding carboxylic acids is 1. The Balaban J connectivity index is 3.07. The van der Waals surface area contributed by atoms with E-state index in [1.54, 1.807) is 0 Å². The molecule has 0 rings (SSSR count). The van der Waals surface area contributed by atoms with Gasteiger partial charge in [-0.1, -0.05) is 48.8 Å². The minimum Gasteiger partial charge on any atom is -0.463 e. The van der Waals surface area contributed by atoms with E-state index in [0.29, 0.717) is 112 Å². The van der Waals surface area contributed by atoms with Crippen molar-refractivity contribution in [3.63, 3.8) is 0 Å². The maximum absolute atomic E-state index is 11.5. The second kappa shape index (κ2) is 32.9. The quantitative estimate of drug-likeness (QED) is 0.0489. The molecule has 0 aromatic rings. The van der Waals surface area contributed by atoms with Crippen molar-refractivity contribution in [2.45, 2.75) is 39.0 Å². The Morgan fingerprint density at radius 2 is 0.806 bits per heavy atom. The van der Waals surface area contributed by atoms with Crippen LogP contribution in [0.2, 0.25) is 0 Å². The third-order valence-corrected chi connectivity index (χ3v) is 4.99. The van der Waals surface area contributed by atoms with Crippen molar-refractivity contribution in [3.05, 3.63) is 0 Å². The fourth-order valence-electron chi connectivity index (χ4n) is 2.68. The number of hydrogen-bond acceptors (Lipinski definition) is 10. The van der Waals surface area contributed by atoms with E-state index >= 15 is 0 Å². The average Bonchev–Trinajstić information content (AvgIpc) is 2.88. The lowest BCUT2D eigenvalue weighted by molar-refractivity contribution is -0.145. The second-order valence-electron chi connectivity index (χ2n) is 7.62. The summed E-state index contributed by atoms with van der Waals surface area (Å²) in [6, 6.07) is 0. The van der Waals surface area contributed by atoms with Crippen molar-refractivity contribution in [2.75, 3.05) is 117 Å². The van der Waals surface area contributed by atoms with Gasteiger partial charge in [-0.05, 0) is 6.42 Å². The Bertz CT molecular complexity index is 432. The SMILES string of the molecule is CCCCCCC(=O)OCCOCCOCCOCCOCCOCCOCCOCCOCCI. The summed E-state index contributed by atoms with van der Waals surface area (Å²) in [7, 11) is 0. The molecule has 0 saturated carbocycles. The van der Waals surface area contributed by atoms with Crippen LogP contribution in [-0.4, -0.2) is 123 Å². The lowest BCUT2D eigenvalue weighted by atomic mass is 10.2. The molecule has 36 heavy (non-hydrogen) atoms. The van der Waals surface area contributed by atoms with Crippen molar-refractivity contribution >= 4 is 28.6 Å². The zero-order chi connectivity index (χ0) is 26.2. The molecule has 216 valence electrons. The molecule has 0 atom stereocenters. The van der Waals surface area contributed by atoms with E-state index in [9.17, 15) is 4.79 Å². The first-order chi connectivity index (χ1) is 17.8. The summed E-state index contributed by atoms with van der Waals surface area (Å²) < 4.78 is 49.4. The standard InChI is InChI=1S/C25H49IO10/c1-2-3-4-5-6-25(27)36-24-23-35-22-21-34-20-19-33-18-17-32-16-15-31-14-13-30-12-11-29-10-9-28-8-7-26/h2-24H2,1H3. The average molecular weight is 637 g/mol. The normalized spacial score (nSPS) is 11.3. The van der Waals surface area contributed by atoms with Gasteiger partial charge in [-0.2, -0.15) is 0 Å². The molecule has 0 spiro atoms. The van der Waals surface area contributed by atoms with Crippen molar-refractivity contribution in [3.8, 4) is 0 Å². The van der Waals surface area contributed by atoms with E-state index in [1.165, 1.54) is 0 Å². The fourth-order valence-corrected chi connectivity index (χ4v) is 2.99. The highest BCUT2D eigenvalue weighted by molar-refractivity contribution is 14.1. The van der Waals surface area contributed by atoms with E-state index < -0.39 is 0 Å². The van der Waals surface area contributed by atoms with Crippen molar-refractivity contribution in [1.29, 1.82) is 0 Å². The molecule has 0 N–H and O–H groups in total. The number of halogens is 1. The number of alkyl halides is 1. The van der Waals surface area contributed by atoms with E-state index in [-0.39, 0.29) is 5.97 Å². The Hall–Kier alpha value is -0.120. The third-order valence-electron chi connectivity index (χ3n) is 4.55. The van der Waals surface area contributed by atoms with Gasteiger partial charge in [0.15, 0.2) is 0 Å². The molecule has 0 aliphatic carbocycles. The number of unbranched alkanes of at least 4 members (excludes halogenated alkanes) is 3. The van der Waals surface area contributed by atoms with Crippen LogP contribution in [0.15, 0.2) is 0 Å². The molecular formula is C25H49IO10. The smallest absolute Gasteiger partial charge is 0.305 e. The van der Waals surface area contributed by atoms with Crippen molar-refractivity contribution < 1.29 is 47.4 Å². The first-order valence-corrected chi connectivity index (χ1v) is 14.7. The minimum atomic E-state index is -0.147. The van der Waals surface area contributed by atoms with Crippen LogP contribution in [0.25, 0.3) is 0 Å². The molecule has 0 fully saturated rings. The van der Waals surface area contributed by atoms with E-state index in [2.05, 4.69) is 29.5 Å². The van der Waals surface area contributed by atoms with Gasteiger partial charge >= 0.3 is 5.97 Å². The lowest BCUT2D eigenvalue weighted by Gasteiger charge is -2.09. The Morgan fingerprint density at radius 1 is 0.472 bits per heavy atom. The topological polar surface area (TPSA) is 100 Å². The van der Waals surface area contributed by atoms with Gasteiger partial charge in [-0.3, -0.25) is 4.79 Å². The highest BCUT2D eigenvalue weighted by Crippen LogP contribution is 2.03. The van der Waals surface area contributed by atoms with E-state index in [4.69, 9.17) is 42.6 Å². The molecule has 0 amide bonds. The Morgan fingerprint density at radius 3 is 1.14 bits per heavy atom. The molecular weight excluding hydrogens is 587 g/mol. The van der Waals surface area contributed by atoms with Gasteiger partial charge in [0.1, 0.15) is 6.61 Å². The van der Waals surface area contributed by atoms with Gasteiger partial charge < -0.3 is 42.6 Å². The highest BCUT2D eigenvalue weighted by atomic mass is 127. The number of hydrogen-bond donors (Lipinski definition) is 0. The van der Waals surface area contributed by atoms with Gasteiger partial charge in [0.05, 0.1) is 106 Å². The van der Waals surface area contributed by atoms with Gasteiger partial charge in [-0.25, -0.2) is 0 Å². The van der Waals surface area contributed by atoms with Crippen LogP contribution in [0.4, 0.5) is 0 Å². The van der Waals surface area contributed by atoms with Gasteiger partial charge in [0, 0.05) is 10.8 Å². The summed E-state index contributed by atoms with van der Waals surface area (Å²) in [5, 5.41) is 0. The molecule has 11 heteroatoms. The van der Waals surface area contributed by atoms with Gasteiger partial charge in [0.2, 0.25) is 0 Å². The van der Waals surface area contributed by atoms with Crippen LogP contribution >= 0.6 is 22.6 Å². The highest BCUT2D eigenvalue weighted by Gasteiger charge is 2.02. The predicted octanol–water partition coefficient (Wildman–Crippen LogP) is 3.07. The molecule has 0 aromatic carbocycles. The van der Waals surface area contributed by atoms with Crippen molar-refractivity contribution in [2.24, 2.45) is 0 Å². The maximum Gasteiger partial charge on any atom is 0.305 e. The molecule has 0 bridgehead atoms. The second-order valence-corrected chi connectivity index (χ2v) is 8.70. The summed E-state index contributed by atoms with van der Waals surface area (Å²) in [4.78, 5) is 11.5. The molecule has 0 unspecified atom stereocenters. The lowest BCUT2D eigenvalue weighted by Crippen LogP contribution is -2.15. The zero-order valence-electron chi connectivity index (χ0n) is 22.2. The predicted molar refractivity (Wildman–Crippen MR) is 145 cm³/mol. The van der Waals surface area contributed by atoms with Crippen LogP contribution in [0, 0.1) is 0 Å². The number of carbonyl (C=O) groups is 1. The van der Waals surface area contributed by atoms with Gasteiger partial charge in [0.25, 0.3) is 0 Å². The maximum atomic E-state index is 11.5. The Kier molecular flexibility index (Phi) is 32.8. The summed E-state index contributed by atoms with van der Waals surface area (Å²) in [6.45, 7) is 11.0. The molecule has 0 aliphatic rings. The van der Waals surface area contributed by atoms with Crippen LogP contribution in [-0.2, 0) is 47.4 Å². The summed E-state index contributed by atoms with van der Waals surface area (Å²) >= 11 is 2.28. The fraction of sp³-hybridized carbons (Fsp3) is 0.960. The molecule has 0 radical (unpaired) electrons. The molecule has 0 saturated heterocycles. The molecule has 0 heterocycles. The number of esters is 1. The van der Waals surface area contributed by atoms with Crippen LogP contribution < -0.4 is 0 Å². The molecule has 10 nitrogen and oxygen atoms in total. The monoisotopic (exact) mass is 636 g/mol. The van der Waals surface area contributed by atoms with E-state index in [0.717, 1.165) is 36.7 Å². The van der Waals surface area contributed by atoms with Crippen LogP contribution in [0.3, 0.4) is 0 Å². The zero-order valence-corrected chi connectivity index (χ0v) is 24.4. The third kappa shape index (κ3) is 31.9. The largest absolute Gasteiger partial charge is 0.463 e. The first kappa shape index (κ1) is 35.9. The van der Waals surface area contributed by atoms with Crippen molar-refractivity contribution in [1.82, 2.24) is 0 Å². The number of ether oxygens (including phenoxy) is 9. The van der Waals surface area contributed by atoms with Crippen LogP contribution in [0.1, 0.15) is 39.0 Å². The Labute approximate surface area is 231 Å². The summed E-state index contributed by atoms with van der Waals surface area (Å²) in [5.41, 5.74) is 0. The van der Waals surface area contributed by atoms with Gasteiger partial charge in [-0.15, -0.1) is 0 Å².